The number of benzene rings is 2. The van der Waals surface area contributed by atoms with Gasteiger partial charge in [0.05, 0.1) is 24.3 Å². The average molecular weight is 370 g/mol. The highest BCUT2D eigenvalue weighted by atomic mass is 19.1. The van der Waals surface area contributed by atoms with Crippen LogP contribution in [-0.2, 0) is 20.9 Å². The SMILES string of the molecule is COC(=O)c1ccccc1N1CC(C(=O)NCc2ccccc2F)CC1=O. The summed E-state index contributed by atoms with van der Waals surface area (Å²) < 4.78 is 18.4. The van der Waals surface area contributed by atoms with E-state index in [1.807, 2.05) is 0 Å². The van der Waals surface area contributed by atoms with Crippen molar-refractivity contribution in [2.45, 2.75) is 13.0 Å². The van der Waals surface area contributed by atoms with Crippen LogP contribution in [-0.4, -0.2) is 31.4 Å². The van der Waals surface area contributed by atoms with Crippen molar-refractivity contribution >= 4 is 23.5 Å². The molecule has 1 aliphatic heterocycles. The van der Waals surface area contributed by atoms with Crippen molar-refractivity contribution in [1.29, 1.82) is 0 Å². The number of carbonyl (C=O) groups excluding carboxylic acids is 3. The van der Waals surface area contributed by atoms with Crippen molar-refractivity contribution in [3.63, 3.8) is 0 Å². The number of hydrogen-bond donors (Lipinski definition) is 1. The third-order valence-corrected chi connectivity index (χ3v) is 4.51. The Morgan fingerprint density at radius 1 is 1.19 bits per heavy atom. The minimum absolute atomic E-state index is 0.0264. The molecule has 0 saturated carbocycles. The summed E-state index contributed by atoms with van der Waals surface area (Å²) in [5.74, 6) is -2.10. The molecule has 1 heterocycles. The molecule has 7 heteroatoms. The summed E-state index contributed by atoms with van der Waals surface area (Å²) in [6.45, 7) is 0.199. The molecule has 0 spiro atoms. The molecule has 0 aliphatic carbocycles. The van der Waals surface area contributed by atoms with Crippen molar-refractivity contribution in [2.75, 3.05) is 18.6 Å². The van der Waals surface area contributed by atoms with Crippen LogP contribution in [0, 0.1) is 11.7 Å². The molecule has 6 nitrogen and oxygen atoms in total. The fraction of sp³-hybridized carbons (Fsp3) is 0.250. The van der Waals surface area contributed by atoms with Gasteiger partial charge in [-0.2, -0.15) is 0 Å². The van der Waals surface area contributed by atoms with Crippen LogP contribution in [0.5, 0.6) is 0 Å². The van der Waals surface area contributed by atoms with Gasteiger partial charge in [-0.25, -0.2) is 9.18 Å². The van der Waals surface area contributed by atoms with Gasteiger partial charge in [0.15, 0.2) is 0 Å². The Morgan fingerprint density at radius 3 is 2.63 bits per heavy atom. The largest absolute Gasteiger partial charge is 0.465 e. The summed E-state index contributed by atoms with van der Waals surface area (Å²) >= 11 is 0. The topological polar surface area (TPSA) is 75.7 Å². The lowest BCUT2D eigenvalue weighted by molar-refractivity contribution is -0.126. The van der Waals surface area contributed by atoms with Crippen molar-refractivity contribution in [1.82, 2.24) is 5.32 Å². The highest BCUT2D eigenvalue weighted by Gasteiger charge is 2.36. The summed E-state index contributed by atoms with van der Waals surface area (Å²) in [6.07, 6.45) is 0.0264. The van der Waals surface area contributed by atoms with Gasteiger partial charge in [0, 0.05) is 25.1 Å². The summed E-state index contributed by atoms with van der Waals surface area (Å²) in [5.41, 5.74) is 1.06. The van der Waals surface area contributed by atoms with Gasteiger partial charge in [0.25, 0.3) is 0 Å². The number of carbonyl (C=O) groups is 3. The monoisotopic (exact) mass is 370 g/mol. The minimum Gasteiger partial charge on any atom is -0.465 e. The quantitative estimate of drug-likeness (QED) is 0.820. The van der Waals surface area contributed by atoms with Crippen LogP contribution >= 0.6 is 0 Å². The number of anilines is 1. The molecule has 2 aromatic carbocycles. The Bertz CT molecular complexity index is 884. The first kappa shape index (κ1) is 18.6. The Kier molecular flexibility index (Phi) is 5.49. The predicted molar refractivity (Wildman–Crippen MR) is 96.5 cm³/mol. The van der Waals surface area contributed by atoms with Crippen molar-refractivity contribution < 1.29 is 23.5 Å². The second kappa shape index (κ2) is 7.99. The van der Waals surface area contributed by atoms with Gasteiger partial charge in [-0.15, -0.1) is 0 Å². The zero-order valence-electron chi connectivity index (χ0n) is 14.8. The van der Waals surface area contributed by atoms with Gasteiger partial charge >= 0.3 is 5.97 Å². The van der Waals surface area contributed by atoms with Gasteiger partial charge < -0.3 is 15.0 Å². The molecule has 1 N–H and O–H groups in total. The van der Waals surface area contributed by atoms with Gasteiger partial charge in [0.1, 0.15) is 5.82 Å². The van der Waals surface area contributed by atoms with Crippen LogP contribution in [0.25, 0.3) is 0 Å². The zero-order valence-corrected chi connectivity index (χ0v) is 14.8. The first-order valence-corrected chi connectivity index (χ1v) is 8.50. The van der Waals surface area contributed by atoms with Gasteiger partial charge in [-0.1, -0.05) is 30.3 Å². The summed E-state index contributed by atoms with van der Waals surface area (Å²) in [5, 5.41) is 2.67. The smallest absolute Gasteiger partial charge is 0.339 e. The van der Waals surface area contributed by atoms with Crippen LogP contribution in [0.2, 0.25) is 0 Å². The number of halogens is 1. The van der Waals surface area contributed by atoms with Crippen LogP contribution in [0.4, 0.5) is 10.1 Å². The van der Waals surface area contributed by atoms with Crippen molar-refractivity contribution in [3.8, 4) is 0 Å². The van der Waals surface area contributed by atoms with Crippen molar-refractivity contribution in [3.05, 3.63) is 65.5 Å². The number of amides is 2. The molecular weight excluding hydrogens is 351 g/mol. The van der Waals surface area contributed by atoms with Crippen LogP contribution < -0.4 is 10.2 Å². The number of ether oxygens (including phenoxy) is 1. The van der Waals surface area contributed by atoms with E-state index in [1.165, 1.54) is 18.1 Å². The number of para-hydroxylation sites is 1. The van der Waals surface area contributed by atoms with Crippen LogP contribution in [0.3, 0.4) is 0 Å². The molecule has 2 aromatic rings. The van der Waals surface area contributed by atoms with E-state index in [9.17, 15) is 18.8 Å². The Morgan fingerprint density at radius 2 is 1.89 bits per heavy atom. The van der Waals surface area contributed by atoms with E-state index in [0.29, 0.717) is 11.3 Å². The molecule has 0 radical (unpaired) electrons. The Balaban J connectivity index is 1.70. The van der Waals surface area contributed by atoms with Gasteiger partial charge in [0.2, 0.25) is 11.8 Å². The second-order valence-electron chi connectivity index (χ2n) is 6.22. The fourth-order valence-corrected chi connectivity index (χ4v) is 3.08. The fourth-order valence-electron chi connectivity index (χ4n) is 3.08. The summed E-state index contributed by atoms with van der Waals surface area (Å²) in [7, 11) is 1.27. The van der Waals surface area contributed by atoms with E-state index in [0.717, 1.165) is 0 Å². The number of esters is 1. The molecule has 2 amide bonds. The molecular formula is C20H19FN2O4. The highest BCUT2D eigenvalue weighted by Crippen LogP contribution is 2.28. The summed E-state index contributed by atoms with van der Waals surface area (Å²) in [4.78, 5) is 38.2. The normalized spacial score (nSPS) is 16.3. The molecule has 140 valence electrons. The second-order valence-corrected chi connectivity index (χ2v) is 6.22. The van der Waals surface area contributed by atoms with Crippen LogP contribution in [0.15, 0.2) is 48.5 Å². The predicted octanol–water partition coefficient (Wildman–Crippen LogP) is 2.28. The number of rotatable bonds is 5. The minimum atomic E-state index is -0.574. The molecule has 1 fully saturated rings. The molecule has 1 unspecified atom stereocenters. The van der Waals surface area contributed by atoms with Crippen LogP contribution in [0.1, 0.15) is 22.3 Å². The van der Waals surface area contributed by atoms with E-state index in [1.54, 1.807) is 42.5 Å². The van der Waals surface area contributed by atoms with E-state index in [-0.39, 0.29) is 36.9 Å². The lowest BCUT2D eigenvalue weighted by atomic mass is 10.1. The number of hydrogen-bond acceptors (Lipinski definition) is 4. The lowest BCUT2D eigenvalue weighted by Gasteiger charge is -2.19. The maximum absolute atomic E-state index is 13.7. The molecule has 27 heavy (non-hydrogen) atoms. The molecule has 1 aliphatic rings. The van der Waals surface area contributed by atoms with E-state index < -0.39 is 17.7 Å². The number of nitrogens with zero attached hydrogens (tertiary/aromatic N) is 1. The molecule has 3 rings (SSSR count). The number of nitrogens with one attached hydrogen (secondary N) is 1. The number of methoxy groups -OCH3 is 1. The van der Waals surface area contributed by atoms with E-state index >= 15 is 0 Å². The standard InChI is InChI=1S/C20H19FN2O4/c1-27-20(26)15-7-3-5-9-17(15)23-12-14(10-18(23)24)19(25)22-11-13-6-2-4-8-16(13)21/h2-9,14H,10-12H2,1H3,(H,22,25). The summed E-state index contributed by atoms with van der Waals surface area (Å²) in [6, 6.07) is 12.8. The highest BCUT2D eigenvalue weighted by molar-refractivity contribution is 6.05. The maximum Gasteiger partial charge on any atom is 0.339 e. The molecule has 1 atom stereocenters. The molecule has 0 aromatic heterocycles. The Hall–Kier alpha value is -3.22. The average Bonchev–Trinajstić information content (AvgIpc) is 3.08. The zero-order chi connectivity index (χ0) is 19.4. The van der Waals surface area contributed by atoms with E-state index in [2.05, 4.69) is 5.32 Å². The molecule has 1 saturated heterocycles. The van der Waals surface area contributed by atoms with E-state index in [4.69, 9.17) is 4.74 Å². The maximum atomic E-state index is 13.7. The van der Waals surface area contributed by atoms with Gasteiger partial charge in [-0.3, -0.25) is 9.59 Å². The Labute approximate surface area is 155 Å². The van der Waals surface area contributed by atoms with Crippen molar-refractivity contribution in [2.24, 2.45) is 5.92 Å². The molecule has 0 bridgehead atoms. The third kappa shape index (κ3) is 3.97. The lowest BCUT2D eigenvalue weighted by Crippen LogP contribution is -2.33. The third-order valence-electron chi connectivity index (χ3n) is 4.51. The first-order valence-electron chi connectivity index (χ1n) is 8.50. The van der Waals surface area contributed by atoms with Gasteiger partial charge in [-0.05, 0) is 18.2 Å². The first-order chi connectivity index (χ1) is 13.0.